The third-order valence-electron chi connectivity index (χ3n) is 3.40. The minimum Gasteiger partial charge on any atom is -0.311 e. The Morgan fingerprint density at radius 2 is 2.35 bits per heavy atom. The molecule has 2 heterocycles. The summed E-state index contributed by atoms with van der Waals surface area (Å²) in [6, 6.07) is 1.11. The van der Waals surface area contributed by atoms with Crippen LogP contribution in [0.2, 0.25) is 0 Å². The van der Waals surface area contributed by atoms with Gasteiger partial charge in [0, 0.05) is 37.3 Å². The van der Waals surface area contributed by atoms with E-state index in [4.69, 9.17) is 0 Å². The van der Waals surface area contributed by atoms with Crippen LogP contribution in [-0.2, 0) is 0 Å². The fourth-order valence-corrected chi connectivity index (χ4v) is 3.26. The molecule has 3 nitrogen and oxygen atoms in total. The summed E-state index contributed by atoms with van der Waals surface area (Å²) in [4.78, 5) is 6.99. The molecule has 0 aliphatic carbocycles. The number of aromatic nitrogens is 1. The Morgan fingerprint density at radius 3 is 3.00 bits per heavy atom. The SMILES string of the molecule is CC(C)CC1CN(C(C)c2nccs2)CCN1. The summed E-state index contributed by atoms with van der Waals surface area (Å²) < 4.78 is 0. The lowest BCUT2D eigenvalue weighted by Crippen LogP contribution is -2.51. The zero-order valence-corrected chi connectivity index (χ0v) is 11.8. The lowest BCUT2D eigenvalue weighted by Gasteiger charge is -2.37. The molecule has 96 valence electrons. The molecular formula is C13H23N3S. The van der Waals surface area contributed by atoms with Gasteiger partial charge in [0.25, 0.3) is 0 Å². The molecule has 2 rings (SSSR count). The van der Waals surface area contributed by atoms with Crippen molar-refractivity contribution in [1.82, 2.24) is 15.2 Å². The highest BCUT2D eigenvalue weighted by atomic mass is 32.1. The molecule has 1 N–H and O–H groups in total. The van der Waals surface area contributed by atoms with E-state index in [2.05, 4.69) is 41.4 Å². The van der Waals surface area contributed by atoms with Gasteiger partial charge >= 0.3 is 0 Å². The van der Waals surface area contributed by atoms with Gasteiger partial charge in [0.1, 0.15) is 5.01 Å². The zero-order chi connectivity index (χ0) is 12.3. The van der Waals surface area contributed by atoms with Gasteiger partial charge in [0.2, 0.25) is 0 Å². The predicted molar refractivity (Wildman–Crippen MR) is 73.3 cm³/mol. The lowest BCUT2D eigenvalue weighted by atomic mass is 10.0. The monoisotopic (exact) mass is 253 g/mol. The second-order valence-corrected chi connectivity index (χ2v) is 6.25. The fourth-order valence-electron chi connectivity index (χ4n) is 2.53. The Kier molecular flexibility index (Phi) is 4.54. The molecule has 0 radical (unpaired) electrons. The predicted octanol–water partition coefficient (Wildman–Crippen LogP) is 2.52. The van der Waals surface area contributed by atoms with Crippen LogP contribution in [0.3, 0.4) is 0 Å². The van der Waals surface area contributed by atoms with Crippen LogP contribution in [0.4, 0.5) is 0 Å². The van der Waals surface area contributed by atoms with Gasteiger partial charge in [0.05, 0.1) is 6.04 Å². The first-order valence-corrected chi connectivity index (χ1v) is 7.41. The van der Waals surface area contributed by atoms with Gasteiger partial charge in [-0.1, -0.05) is 13.8 Å². The van der Waals surface area contributed by atoms with Gasteiger partial charge in [-0.25, -0.2) is 4.98 Å². The third-order valence-corrected chi connectivity index (χ3v) is 4.35. The van der Waals surface area contributed by atoms with Crippen molar-refractivity contribution >= 4 is 11.3 Å². The standard InChI is InChI=1S/C13H23N3S/c1-10(2)8-12-9-16(6-4-14-12)11(3)13-15-5-7-17-13/h5,7,10-12,14H,4,6,8-9H2,1-3H3. The largest absolute Gasteiger partial charge is 0.311 e. The topological polar surface area (TPSA) is 28.2 Å². The van der Waals surface area contributed by atoms with Crippen molar-refractivity contribution in [2.45, 2.75) is 39.3 Å². The molecule has 17 heavy (non-hydrogen) atoms. The minimum absolute atomic E-state index is 0.465. The molecule has 1 aromatic heterocycles. The molecular weight excluding hydrogens is 230 g/mol. The van der Waals surface area contributed by atoms with Crippen LogP contribution >= 0.6 is 11.3 Å². The van der Waals surface area contributed by atoms with Crippen LogP contribution in [0.25, 0.3) is 0 Å². The number of thiazole rings is 1. The minimum atomic E-state index is 0.465. The maximum atomic E-state index is 4.43. The fraction of sp³-hybridized carbons (Fsp3) is 0.769. The van der Waals surface area contributed by atoms with Crippen molar-refractivity contribution in [3.63, 3.8) is 0 Å². The third kappa shape index (κ3) is 3.50. The van der Waals surface area contributed by atoms with E-state index in [1.54, 1.807) is 11.3 Å². The van der Waals surface area contributed by atoms with E-state index in [0.29, 0.717) is 12.1 Å². The number of hydrogen-bond acceptors (Lipinski definition) is 4. The average Bonchev–Trinajstić information content (AvgIpc) is 2.81. The van der Waals surface area contributed by atoms with E-state index >= 15 is 0 Å². The number of rotatable bonds is 4. The van der Waals surface area contributed by atoms with Crippen LogP contribution in [0.15, 0.2) is 11.6 Å². The highest BCUT2D eigenvalue weighted by Crippen LogP contribution is 2.23. The van der Waals surface area contributed by atoms with Crippen molar-refractivity contribution in [3.8, 4) is 0 Å². The van der Waals surface area contributed by atoms with Crippen LogP contribution in [0.1, 0.15) is 38.2 Å². The Labute approximate surface area is 108 Å². The molecule has 1 aliphatic rings. The van der Waals surface area contributed by atoms with Gasteiger partial charge in [-0.15, -0.1) is 11.3 Å². The molecule has 2 atom stereocenters. The first-order valence-electron chi connectivity index (χ1n) is 6.53. The Balaban J connectivity index is 1.92. The lowest BCUT2D eigenvalue weighted by molar-refractivity contribution is 0.143. The highest BCUT2D eigenvalue weighted by molar-refractivity contribution is 7.09. The maximum absolute atomic E-state index is 4.43. The van der Waals surface area contributed by atoms with Gasteiger partial charge in [-0.05, 0) is 19.3 Å². The van der Waals surface area contributed by atoms with E-state index < -0.39 is 0 Å². The first kappa shape index (κ1) is 13.0. The molecule has 4 heteroatoms. The van der Waals surface area contributed by atoms with Crippen LogP contribution in [-0.4, -0.2) is 35.6 Å². The highest BCUT2D eigenvalue weighted by Gasteiger charge is 2.25. The summed E-state index contributed by atoms with van der Waals surface area (Å²) in [6.07, 6.45) is 3.17. The van der Waals surface area contributed by atoms with Gasteiger partial charge in [-0.2, -0.15) is 0 Å². The van der Waals surface area contributed by atoms with Crippen molar-refractivity contribution < 1.29 is 0 Å². The summed E-state index contributed by atoms with van der Waals surface area (Å²) in [5, 5.41) is 6.94. The molecule has 0 amide bonds. The molecule has 0 bridgehead atoms. The maximum Gasteiger partial charge on any atom is 0.109 e. The second kappa shape index (κ2) is 5.94. The summed E-state index contributed by atoms with van der Waals surface area (Å²) in [6.45, 7) is 10.3. The summed E-state index contributed by atoms with van der Waals surface area (Å²) >= 11 is 1.77. The van der Waals surface area contributed by atoms with Crippen LogP contribution < -0.4 is 5.32 Å². The molecule has 1 fully saturated rings. The second-order valence-electron chi connectivity index (χ2n) is 5.32. The molecule has 0 aromatic carbocycles. The van der Waals surface area contributed by atoms with E-state index in [9.17, 15) is 0 Å². The van der Waals surface area contributed by atoms with Crippen molar-refractivity contribution in [3.05, 3.63) is 16.6 Å². The average molecular weight is 253 g/mol. The molecule has 0 spiro atoms. The molecule has 0 saturated carbocycles. The van der Waals surface area contributed by atoms with Gasteiger partial charge < -0.3 is 5.32 Å². The summed E-state index contributed by atoms with van der Waals surface area (Å²) in [5.74, 6) is 0.766. The smallest absolute Gasteiger partial charge is 0.109 e. The van der Waals surface area contributed by atoms with E-state index in [0.717, 1.165) is 25.6 Å². The molecule has 2 unspecified atom stereocenters. The normalized spacial score (nSPS) is 24.1. The Morgan fingerprint density at radius 1 is 1.53 bits per heavy atom. The Bertz CT molecular complexity index is 323. The van der Waals surface area contributed by atoms with Crippen molar-refractivity contribution in [2.24, 2.45) is 5.92 Å². The quantitative estimate of drug-likeness (QED) is 0.894. The van der Waals surface area contributed by atoms with Crippen molar-refractivity contribution in [2.75, 3.05) is 19.6 Å². The van der Waals surface area contributed by atoms with E-state index in [1.165, 1.54) is 11.4 Å². The van der Waals surface area contributed by atoms with E-state index in [1.807, 2.05) is 6.20 Å². The first-order chi connectivity index (χ1) is 8.16. The number of hydrogen-bond donors (Lipinski definition) is 1. The van der Waals surface area contributed by atoms with Crippen molar-refractivity contribution in [1.29, 1.82) is 0 Å². The number of piperazine rings is 1. The zero-order valence-electron chi connectivity index (χ0n) is 11.0. The molecule has 1 aliphatic heterocycles. The van der Waals surface area contributed by atoms with Crippen LogP contribution in [0.5, 0.6) is 0 Å². The molecule has 1 aromatic rings. The van der Waals surface area contributed by atoms with Crippen LogP contribution in [0, 0.1) is 5.92 Å². The van der Waals surface area contributed by atoms with Gasteiger partial charge in [0.15, 0.2) is 0 Å². The summed E-state index contributed by atoms with van der Waals surface area (Å²) in [7, 11) is 0. The number of nitrogens with one attached hydrogen (secondary N) is 1. The van der Waals surface area contributed by atoms with E-state index in [-0.39, 0.29) is 0 Å². The summed E-state index contributed by atoms with van der Waals surface area (Å²) in [5.41, 5.74) is 0. The Hall–Kier alpha value is -0.450. The van der Waals surface area contributed by atoms with Gasteiger partial charge in [-0.3, -0.25) is 4.90 Å². The number of nitrogens with zero attached hydrogens (tertiary/aromatic N) is 2. The molecule has 1 saturated heterocycles.